The summed E-state index contributed by atoms with van der Waals surface area (Å²) >= 11 is 0.890. The van der Waals surface area contributed by atoms with Crippen molar-refractivity contribution < 1.29 is 27.9 Å². The Kier molecular flexibility index (Phi) is 6.11. The van der Waals surface area contributed by atoms with Gasteiger partial charge >= 0.3 is 11.9 Å². The fraction of sp³-hybridized carbons (Fsp3) is 0.455. The van der Waals surface area contributed by atoms with E-state index in [9.17, 15) is 18.0 Å². The predicted molar refractivity (Wildman–Crippen MR) is 72.1 cm³/mol. The molecule has 0 aliphatic rings. The highest BCUT2D eigenvalue weighted by atomic mass is 32.2. The maximum Gasteiger partial charge on any atom is 0.308 e. The number of esters is 1. The minimum Gasteiger partial charge on any atom is -0.481 e. The molecule has 0 aliphatic carbocycles. The molecule has 0 spiro atoms. The number of aliphatic carboxylic acids is 1. The largest absolute Gasteiger partial charge is 0.481 e. The molecular formula is C11H15NO6S2. The molecule has 0 aliphatic heterocycles. The van der Waals surface area contributed by atoms with Gasteiger partial charge in [-0.3, -0.25) is 9.59 Å². The monoisotopic (exact) mass is 321 g/mol. The van der Waals surface area contributed by atoms with Crippen molar-refractivity contribution in [1.29, 1.82) is 0 Å². The van der Waals surface area contributed by atoms with E-state index in [0.29, 0.717) is 4.88 Å². The number of ether oxygens (including phenoxy) is 1. The summed E-state index contributed by atoms with van der Waals surface area (Å²) in [5, 5.41) is 8.62. The van der Waals surface area contributed by atoms with Crippen LogP contribution in [-0.2, 0) is 30.8 Å². The van der Waals surface area contributed by atoms with Gasteiger partial charge in [-0.25, -0.2) is 13.1 Å². The van der Waals surface area contributed by atoms with Crippen molar-refractivity contribution in [2.24, 2.45) is 0 Å². The van der Waals surface area contributed by atoms with Crippen LogP contribution >= 0.6 is 11.3 Å². The van der Waals surface area contributed by atoms with Gasteiger partial charge in [-0.15, -0.1) is 11.3 Å². The minimum absolute atomic E-state index is 0.0256. The summed E-state index contributed by atoms with van der Waals surface area (Å²) in [5.74, 6) is -1.50. The number of thiophene rings is 1. The fourth-order valence-corrected chi connectivity index (χ4v) is 3.76. The van der Waals surface area contributed by atoms with Gasteiger partial charge in [-0.05, 0) is 19.1 Å². The van der Waals surface area contributed by atoms with Gasteiger partial charge in [0.1, 0.15) is 4.21 Å². The zero-order valence-electron chi connectivity index (χ0n) is 10.8. The van der Waals surface area contributed by atoms with E-state index in [2.05, 4.69) is 9.46 Å². The highest BCUT2D eigenvalue weighted by molar-refractivity contribution is 7.91. The molecule has 0 aromatic carbocycles. The number of carbonyl (C=O) groups excluding carboxylic acids is 1. The molecule has 112 valence electrons. The predicted octanol–water partition coefficient (Wildman–Crippen LogP) is 0.607. The van der Waals surface area contributed by atoms with Crippen molar-refractivity contribution in [2.75, 3.05) is 13.2 Å². The van der Waals surface area contributed by atoms with Gasteiger partial charge in [0.15, 0.2) is 0 Å². The molecule has 1 aromatic heterocycles. The van der Waals surface area contributed by atoms with Crippen LogP contribution in [0.25, 0.3) is 0 Å². The lowest BCUT2D eigenvalue weighted by atomic mass is 10.3. The Bertz CT molecular complexity index is 577. The third-order valence-corrected chi connectivity index (χ3v) is 5.19. The molecule has 0 bridgehead atoms. The van der Waals surface area contributed by atoms with Crippen LogP contribution < -0.4 is 4.72 Å². The van der Waals surface area contributed by atoms with Crippen LogP contribution in [0.1, 0.15) is 18.2 Å². The lowest BCUT2D eigenvalue weighted by molar-refractivity contribution is -0.143. The zero-order valence-corrected chi connectivity index (χ0v) is 12.4. The summed E-state index contributed by atoms with van der Waals surface area (Å²) in [6.45, 7) is 1.85. The minimum atomic E-state index is -3.72. The Morgan fingerprint density at radius 2 is 2.10 bits per heavy atom. The Hall–Kier alpha value is -1.45. The van der Waals surface area contributed by atoms with Crippen LogP contribution in [-0.4, -0.2) is 38.6 Å². The number of rotatable bonds is 8. The number of nitrogens with one attached hydrogen (secondary N) is 1. The zero-order chi connectivity index (χ0) is 15.2. The highest BCUT2D eigenvalue weighted by Crippen LogP contribution is 2.21. The first kappa shape index (κ1) is 16.6. The number of sulfonamides is 1. The van der Waals surface area contributed by atoms with E-state index in [-0.39, 0.29) is 30.2 Å². The standard InChI is InChI=1S/C11H15NO6S2/c1-2-18-10(15)5-6-12-20(16,17)11-4-3-8(19-11)7-9(13)14/h3-4,12H,2,5-7H2,1H3,(H,13,14). The van der Waals surface area contributed by atoms with Gasteiger partial charge in [0, 0.05) is 11.4 Å². The number of hydrogen-bond donors (Lipinski definition) is 2. The molecule has 20 heavy (non-hydrogen) atoms. The van der Waals surface area contributed by atoms with Crippen LogP contribution in [0.3, 0.4) is 0 Å². The number of carboxylic acids is 1. The summed E-state index contributed by atoms with van der Waals surface area (Å²) in [5.41, 5.74) is 0. The van der Waals surface area contributed by atoms with Crippen LogP contribution in [0.4, 0.5) is 0 Å². The first-order valence-electron chi connectivity index (χ1n) is 5.81. The summed E-state index contributed by atoms with van der Waals surface area (Å²) in [7, 11) is -3.72. The first-order valence-corrected chi connectivity index (χ1v) is 8.11. The van der Waals surface area contributed by atoms with Crippen molar-refractivity contribution in [3.05, 3.63) is 17.0 Å². The van der Waals surface area contributed by atoms with Crippen molar-refractivity contribution in [3.63, 3.8) is 0 Å². The second-order valence-corrected chi connectivity index (χ2v) is 6.91. The SMILES string of the molecule is CCOC(=O)CCNS(=O)(=O)c1ccc(CC(=O)O)s1. The third kappa shape index (κ3) is 5.27. The number of carboxylic acid groups (broad SMARTS) is 1. The van der Waals surface area contributed by atoms with E-state index in [4.69, 9.17) is 5.11 Å². The fourth-order valence-electron chi connectivity index (χ4n) is 1.34. The van der Waals surface area contributed by atoms with Gasteiger partial charge in [0.05, 0.1) is 19.4 Å². The first-order chi connectivity index (χ1) is 9.35. The van der Waals surface area contributed by atoms with Crippen molar-refractivity contribution in [2.45, 2.75) is 24.0 Å². The van der Waals surface area contributed by atoms with E-state index in [1.54, 1.807) is 6.92 Å². The van der Waals surface area contributed by atoms with Gasteiger partial charge < -0.3 is 9.84 Å². The van der Waals surface area contributed by atoms with Gasteiger partial charge in [-0.2, -0.15) is 0 Å². The Morgan fingerprint density at radius 1 is 1.40 bits per heavy atom. The normalized spacial score (nSPS) is 11.2. The summed E-state index contributed by atoms with van der Waals surface area (Å²) in [6, 6.07) is 2.80. The second kappa shape index (κ2) is 7.36. The average molecular weight is 321 g/mol. The molecule has 9 heteroatoms. The Morgan fingerprint density at radius 3 is 2.70 bits per heavy atom. The maximum atomic E-state index is 11.9. The van der Waals surface area contributed by atoms with E-state index in [0.717, 1.165) is 11.3 Å². The van der Waals surface area contributed by atoms with Gasteiger partial charge in [0.25, 0.3) is 0 Å². The molecule has 1 aromatic rings. The summed E-state index contributed by atoms with van der Waals surface area (Å²) in [6.07, 6.45) is -0.274. The van der Waals surface area contributed by atoms with Crippen molar-refractivity contribution >= 4 is 33.3 Å². The Balaban J connectivity index is 2.58. The second-order valence-electron chi connectivity index (χ2n) is 3.74. The highest BCUT2D eigenvalue weighted by Gasteiger charge is 2.17. The maximum absolute atomic E-state index is 11.9. The molecule has 2 N–H and O–H groups in total. The van der Waals surface area contributed by atoms with Gasteiger partial charge in [-0.1, -0.05) is 0 Å². The summed E-state index contributed by atoms with van der Waals surface area (Å²) < 4.78 is 30.7. The van der Waals surface area contributed by atoms with Crippen LogP contribution in [0.15, 0.2) is 16.3 Å². The lowest BCUT2D eigenvalue weighted by Gasteiger charge is -2.04. The van der Waals surface area contributed by atoms with Crippen LogP contribution in [0, 0.1) is 0 Å². The lowest BCUT2D eigenvalue weighted by Crippen LogP contribution is -2.26. The molecule has 0 amide bonds. The molecule has 0 unspecified atom stereocenters. The number of carbonyl (C=O) groups is 2. The van der Waals surface area contributed by atoms with E-state index in [1.165, 1.54) is 12.1 Å². The van der Waals surface area contributed by atoms with Crippen LogP contribution in [0.2, 0.25) is 0 Å². The summed E-state index contributed by atoms with van der Waals surface area (Å²) in [4.78, 5) is 22.0. The quantitative estimate of drug-likeness (QED) is 0.679. The third-order valence-electron chi connectivity index (χ3n) is 2.15. The average Bonchev–Trinajstić information content (AvgIpc) is 2.77. The van der Waals surface area contributed by atoms with E-state index in [1.807, 2.05) is 0 Å². The molecule has 0 fully saturated rings. The topological polar surface area (TPSA) is 110 Å². The van der Waals surface area contributed by atoms with Crippen molar-refractivity contribution in [3.8, 4) is 0 Å². The van der Waals surface area contributed by atoms with Crippen LogP contribution in [0.5, 0.6) is 0 Å². The molecule has 0 saturated carbocycles. The van der Waals surface area contributed by atoms with E-state index < -0.39 is 22.0 Å². The molecule has 1 rings (SSSR count). The molecular weight excluding hydrogens is 306 g/mol. The molecule has 0 radical (unpaired) electrons. The molecule has 0 saturated heterocycles. The molecule has 0 atom stereocenters. The molecule has 1 heterocycles. The van der Waals surface area contributed by atoms with Crippen molar-refractivity contribution in [1.82, 2.24) is 4.72 Å². The van der Waals surface area contributed by atoms with E-state index >= 15 is 0 Å². The Labute approximate surface area is 120 Å². The molecule has 7 nitrogen and oxygen atoms in total. The smallest absolute Gasteiger partial charge is 0.308 e. The van der Waals surface area contributed by atoms with Gasteiger partial charge in [0.2, 0.25) is 10.0 Å². The number of hydrogen-bond acceptors (Lipinski definition) is 6.